The Morgan fingerprint density at radius 1 is 1.46 bits per heavy atom. The van der Waals surface area contributed by atoms with Crippen LogP contribution in [0.15, 0.2) is 12.1 Å². The van der Waals surface area contributed by atoms with Crippen LogP contribution in [0.2, 0.25) is 0 Å². The summed E-state index contributed by atoms with van der Waals surface area (Å²) >= 11 is 0. The van der Waals surface area contributed by atoms with Crippen LogP contribution in [0.4, 0.5) is 0 Å². The van der Waals surface area contributed by atoms with Crippen LogP contribution < -0.4 is 4.74 Å². The number of hydrogen-bond donors (Lipinski definition) is 0. The summed E-state index contributed by atoms with van der Waals surface area (Å²) in [5.74, 6) is 1.52. The van der Waals surface area contributed by atoms with Gasteiger partial charge in [0.25, 0.3) is 0 Å². The van der Waals surface area contributed by atoms with E-state index in [9.17, 15) is 0 Å². The zero-order valence-electron chi connectivity index (χ0n) is 8.21. The predicted octanol–water partition coefficient (Wildman–Crippen LogP) is 2.53. The van der Waals surface area contributed by atoms with E-state index in [-0.39, 0.29) is 0 Å². The molecule has 2 heteroatoms. The Bertz CT molecular complexity index is 305. The molecule has 1 aromatic rings. The van der Waals surface area contributed by atoms with Crippen LogP contribution in [0, 0.1) is 0 Å². The molecule has 1 heterocycles. The van der Waals surface area contributed by atoms with Gasteiger partial charge in [0.2, 0.25) is 5.88 Å². The molecule has 0 atom stereocenters. The van der Waals surface area contributed by atoms with Crippen molar-refractivity contribution in [3.05, 3.63) is 23.4 Å². The Balaban J connectivity index is 2.31. The summed E-state index contributed by atoms with van der Waals surface area (Å²) in [6.45, 7) is 2.12. The van der Waals surface area contributed by atoms with Crippen LogP contribution in [0.25, 0.3) is 0 Å². The maximum Gasteiger partial charge on any atom is 0.216 e. The Kier molecular flexibility index (Phi) is 2.21. The molecule has 0 N–H and O–H groups in total. The fourth-order valence-corrected chi connectivity index (χ4v) is 1.54. The highest BCUT2D eigenvalue weighted by molar-refractivity contribution is 5.30. The predicted molar refractivity (Wildman–Crippen MR) is 52.1 cm³/mol. The minimum atomic E-state index is 0.708. The quantitative estimate of drug-likeness (QED) is 0.707. The Morgan fingerprint density at radius 3 is 2.77 bits per heavy atom. The number of methoxy groups -OCH3 is 1. The Labute approximate surface area is 78.9 Å². The van der Waals surface area contributed by atoms with E-state index < -0.39 is 0 Å². The van der Waals surface area contributed by atoms with Crippen LogP contribution in [0.5, 0.6) is 5.88 Å². The Morgan fingerprint density at radius 2 is 2.23 bits per heavy atom. The number of aromatic nitrogens is 1. The van der Waals surface area contributed by atoms with Gasteiger partial charge in [-0.1, -0.05) is 13.0 Å². The van der Waals surface area contributed by atoms with Gasteiger partial charge in [0.05, 0.1) is 7.11 Å². The number of nitrogens with zero attached hydrogens (tertiary/aromatic N) is 1. The number of aryl methyl sites for hydroxylation is 1. The van der Waals surface area contributed by atoms with Gasteiger partial charge in [-0.3, -0.25) is 0 Å². The van der Waals surface area contributed by atoms with Crippen molar-refractivity contribution in [3.8, 4) is 5.88 Å². The first kappa shape index (κ1) is 8.54. The highest BCUT2D eigenvalue weighted by atomic mass is 16.5. The number of pyridine rings is 1. The largest absolute Gasteiger partial charge is 0.481 e. The van der Waals surface area contributed by atoms with Gasteiger partial charge in [-0.05, 0) is 25.3 Å². The lowest BCUT2D eigenvalue weighted by molar-refractivity contribution is 0.391. The summed E-state index contributed by atoms with van der Waals surface area (Å²) in [5, 5.41) is 0. The van der Waals surface area contributed by atoms with Gasteiger partial charge >= 0.3 is 0 Å². The van der Waals surface area contributed by atoms with Crippen LogP contribution in [-0.2, 0) is 6.42 Å². The molecule has 1 aromatic heterocycles. The van der Waals surface area contributed by atoms with Crippen molar-refractivity contribution in [2.45, 2.75) is 32.1 Å². The van der Waals surface area contributed by atoms with E-state index in [0.29, 0.717) is 5.92 Å². The third kappa shape index (κ3) is 1.67. The van der Waals surface area contributed by atoms with Crippen molar-refractivity contribution in [1.29, 1.82) is 0 Å². The van der Waals surface area contributed by atoms with E-state index in [0.717, 1.165) is 12.3 Å². The number of rotatable bonds is 3. The molecule has 0 bridgehead atoms. The van der Waals surface area contributed by atoms with Crippen LogP contribution in [0.1, 0.15) is 36.9 Å². The zero-order chi connectivity index (χ0) is 9.26. The molecule has 2 rings (SSSR count). The lowest BCUT2D eigenvalue weighted by Crippen LogP contribution is -1.96. The molecule has 0 saturated heterocycles. The van der Waals surface area contributed by atoms with E-state index >= 15 is 0 Å². The Hall–Kier alpha value is -1.05. The van der Waals surface area contributed by atoms with Gasteiger partial charge in [-0.15, -0.1) is 0 Å². The molecule has 1 aliphatic rings. The smallest absolute Gasteiger partial charge is 0.216 e. The highest BCUT2D eigenvalue weighted by Crippen LogP contribution is 2.39. The van der Waals surface area contributed by atoms with Crippen molar-refractivity contribution in [1.82, 2.24) is 4.98 Å². The van der Waals surface area contributed by atoms with Gasteiger partial charge < -0.3 is 4.74 Å². The zero-order valence-corrected chi connectivity index (χ0v) is 8.21. The lowest BCUT2D eigenvalue weighted by atomic mass is 10.1. The summed E-state index contributed by atoms with van der Waals surface area (Å²) < 4.78 is 5.24. The molecule has 0 radical (unpaired) electrons. The second kappa shape index (κ2) is 3.36. The SMILES string of the molecule is CCc1ccc(C2CC2)nc1OC. The van der Waals surface area contributed by atoms with Gasteiger partial charge in [-0.2, -0.15) is 0 Å². The molecule has 0 aliphatic heterocycles. The first-order valence-corrected chi connectivity index (χ1v) is 4.89. The molecular formula is C11H15NO. The van der Waals surface area contributed by atoms with Gasteiger partial charge in [0.15, 0.2) is 0 Å². The molecule has 2 nitrogen and oxygen atoms in total. The summed E-state index contributed by atoms with van der Waals surface area (Å²) in [6, 6.07) is 4.28. The van der Waals surface area contributed by atoms with Crippen LogP contribution in [-0.4, -0.2) is 12.1 Å². The molecule has 1 aliphatic carbocycles. The third-order valence-electron chi connectivity index (χ3n) is 2.53. The molecule has 1 fully saturated rings. The maximum absolute atomic E-state index is 5.24. The third-order valence-corrected chi connectivity index (χ3v) is 2.53. The fraction of sp³-hybridized carbons (Fsp3) is 0.545. The second-order valence-electron chi connectivity index (χ2n) is 3.53. The number of ether oxygens (including phenoxy) is 1. The molecule has 0 unspecified atom stereocenters. The molecule has 0 spiro atoms. The van der Waals surface area contributed by atoms with Gasteiger partial charge in [-0.25, -0.2) is 4.98 Å². The van der Waals surface area contributed by atoms with E-state index in [1.165, 1.54) is 24.1 Å². The summed E-state index contributed by atoms with van der Waals surface area (Å²) in [7, 11) is 1.69. The van der Waals surface area contributed by atoms with E-state index in [1.54, 1.807) is 7.11 Å². The van der Waals surface area contributed by atoms with E-state index in [1.807, 2.05) is 0 Å². The van der Waals surface area contributed by atoms with Crippen molar-refractivity contribution >= 4 is 0 Å². The standard InChI is InChI=1S/C11H15NO/c1-3-8-6-7-10(9-4-5-9)12-11(8)13-2/h6-7,9H,3-5H2,1-2H3. The van der Waals surface area contributed by atoms with E-state index in [4.69, 9.17) is 4.74 Å². The first-order valence-electron chi connectivity index (χ1n) is 4.89. The molecule has 0 aromatic carbocycles. The van der Waals surface area contributed by atoms with E-state index in [2.05, 4.69) is 24.0 Å². The first-order chi connectivity index (χ1) is 6.35. The highest BCUT2D eigenvalue weighted by Gasteiger charge is 2.25. The summed E-state index contributed by atoms with van der Waals surface area (Å²) in [6.07, 6.45) is 3.57. The molecule has 0 amide bonds. The summed E-state index contributed by atoms with van der Waals surface area (Å²) in [5.41, 5.74) is 2.40. The molecular weight excluding hydrogens is 162 g/mol. The average Bonchev–Trinajstić information content (AvgIpc) is 3.00. The minimum Gasteiger partial charge on any atom is -0.481 e. The molecule has 70 valence electrons. The van der Waals surface area contributed by atoms with Crippen LogP contribution in [0.3, 0.4) is 0 Å². The normalized spacial score (nSPS) is 15.8. The number of hydrogen-bond acceptors (Lipinski definition) is 2. The van der Waals surface area contributed by atoms with Crippen molar-refractivity contribution < 1.29 is 4.74 Å². The second-order valence-corrected chi connectivity index (χ2v) is 3.53. The topological polar surface area (TPSA) is 22.1 Å². The van der Waals surface area contributed by atoms with Gasteiger partial charge in [0, 0.05) is 17.2 Å². The monoisotopic (exact) mass is 177 g/mol. The lowest BCUT2D eigenvalue weighted by Gasteiger charge is -2.06. The van der Waals surface area contributed by atoms with Crippen molar-refractivity contribution in [2.75, 3.05) is 7.11 Å². The van der Waals surface area contributed by atoms with Crippen molar-refractivity contribution in [2.24, 2.45) is 0 Å². The minimum absolute atomic E-state index is 0.708. The maximum atomic E-state index is 5.24. The van der Waals surface area contributed by atoms with Crippen molar-refractivity contribution in [3.63, 3.8) is 0 Å². The summed E-state index contributed by atoms with van der Waals surface area (Å²) in [4.78, 5) is 4.50. The fourth-order valence-electron chi connectivity index (χ4n) is 1.54. The average molecular weight is 177 g/mol. The molecule has 1 saturated carbocycles. The van der Waals surface area contributed by atoms with Crippen LogP contribution >= 0.6 is 0 Å². The van der Waals surface area contributed by atoms with Gasteiger partial charge in [0.1, 0.15) is 0 Å². The molecule has 13 heavy (non-hydrogen) atoms.